The average molecular weight is 409 g/mol. The second-order valence-corrected chi connectivity index (χ2v) is 7.52. The Kier molecular flexibility index (Phi) is 5.59. The van der Waals surface area contributed by atoms with Gasteiger partial charge in [-0.05, 0) is 35.7 Å². The summed E-state index contributed by atoms with van der Waals surface area (Å²) in [4.78, 5) is 34.7. The van der Waals surface area contributed by atoms with Crippen LogP contribution in [0.5, 0.6) is 5.75 Å². The lowest BCUT2D eigenvalue weighted by Crippen LogP contribution is -2.23. The number of thiophene rings is 1. The number of fused-ring (bicyclic) bond motifs is 1. The number of rotatable bonds is 6. The Bertz CT molecular complexity index is 1050. The van der Waals surface area contributed by atoms with Crippen LogP contribution in [0.2, 0.25) is 0 Å². The maximum atomic E-state index is 12.2. The van der Waals surface area contributed by atoms with E-state index in [-0.39, 0.29) is 11.7 Å². The van der Waals surface area contributed by atoms with Crippen molar-refractivity contribution < 1.29 is 24.0 Å². The van der Waals surface area contributed by atoms with Crippen LogP contribution in [-0.2, 0) is 19.3 Å². The number of carbonyl (C=O) groups is 2. The van der Waals surface area contributed by atoms with E-state index in [2.05, 4.69) is 0 Å². The number of ether oxygens (including phenoxy) is 1. The maximum absolute atomic E-state index is 12.2. The zero-order chi connectivity index (χ0) is 20.2. The van der Waals surface area contributed by atoms with E-state index in [0.717, 1.165) is 26.6 Å². The molecule has 0 radical (unpaired) electrons. The SMILES string of the molecule is CN1OC(=O)C=C(CC[C@H](Oc2cccc3ccccc23)c2cccs2)C(=O)O1. The molecule has 0 saturated heterocycles. The smallest absolute Gasteiger partial charge is 0.356 e. The van der Waals surface area contributed by atoms with Crippen LogP contribution >= 0.6 is 11.3 Å². The van der Waals surface area contributed by atoms with Crippen molar-refractivity contribution >= 4 is 34.0 Å². The number of nitrogens with zero attached hydrogens (tertiary/aromatic N) is 1. The van der Waals surface area contributed by atoms with E-state index in [1.807, 2.05) is 60.0 Å². The molecule has 3 aromatic rings. The topological polar surface area (TPSA) is 65.1 Å². The predicted octanol–water partition coefficient (Wildman–Crippen LogP) is 4.59. The van der Waals surface area contributed by atoms with Gasteiger partial charge < -0.3 is 14.4 Å². The molecule has 4 rings (SSSR count). The normalized spacial score (nSPS) is 16.0. The van der Waals surface area contributed by atoms with Crippen LogP contribution in [0.15, 0.2) is 71.6 Å². The maximum Gasteiger partial charge on any atom is 0.356 e. The van der Waals surface area contributed by atoms with Gasteiger partial charge in [-0.15, -0.1) is 11.3 Å². The summed E-state index contributed by atoms with van der Waals surface area (Å²) in [5.41, 5.74) is 0.252. The van der Waals surface area contributed by atoms with Crippen molar-refractivity contribution in [3.05, 3.63) is 76.5 Å². The van der Waals surface area contributed by atoms with E-state index in [9.17, 15) is 9.59 Å². The first-order valence-electron chi connectivity index (χ1n) is 9.16. The number of hydroxylamine groups is 2. The van der Waals surface area contributed by atoms with E-state index in [1.54, 1.807) is 11.3 Å². The summed E-state index contributed by atoms with van der Waals surface area (Å²) in [6.45, 7) is 0. The van der Waals surface area contributed by atoms with Crippen LogP contribution < -0.4 is 4.74 Å². The van der Waals surface area contributed by atoms with E-state index in [0.29, 0.717) is 12.8 Å². The standard InChI is InChI=1S/C22H19NO5S/c1-23-27-21(24)14-16(22(25)28-23)11-12-19(20-10-5-13-29-20)26-18-9-4-7-15-6-2-3-8-17(15)18/h2-10,13-14,19H,11-12H2,1H3/t19-/m0/s1. The first-order chi connectivity index (χ1) is 14.1. The van der Waals surface area contributed by atoms with Gasteiger partial charge in [0.25, 0.3) is 0 Å². The summed E-state index contributed by atoms with van der Waals surface area (Å²) < 4.78 is 6.38. The Hall–Kier alpha value is -3.16. The Morgan fingerprint density at radius 1 is 1.03 bits per heavy atom. The van der Waals surface area contributed by atoms with Gasteiger partial charge >= 0.3 is 11.9 Å². The largest absolute Gasteiger partial charge is 0.484 e. The Morgan fingerprint density at radius 2 is 1.86 bits per heavy atom. The fraction of sp³-hybridized carbons (Fsp3) is 0.182. The quantitative estimate of drug-likeness (QED) is 0.593. The molecule has 0 N–H and O–H groups in total. The lowest BCUT2D eigenvalue weighted by atomic mass is 10.0. The van der Waals surface area contributed by atoms with Gasteiger partial charge in [0.15, 0.2) is 0 Å². The van der Waals surface area contributed by atoms with Gasteiger partial charge in [-0.25, -0.2) is 9.59 Å². The molecule has 0 amide bonds. The summed E-state index contributed by atoms with van der Waals surface area (Å²) in [5.74, 6) is -0.470. The van der Waals surface area contributed by atoms with Crippen molar-refractivity contribution in [3.63, 3.8) is 0 Å². The van der Waals surface area contributed by atoms with E-state index >= 15 is 0 Å². The summed E-state index contributed by atoms with van der Waals surface area (Å²) in [5, 5.41) is 4.86. The van der Waals surface area contributed by atoms with Crippen LogP contribution in [0.4, 0.5) is 0 Å². The molecule has 7 heteroatoms. The van der Waals surface area contributed by atoms with Crippen LogP contribution in [0.25, 0.3) is 10.8 Å². The lowest BCUT2D eigenvalue weighted by molar-refractivity contribution is -0.304. The molecule has 0 bridgehead atoms. The third kappa shape index (κ3) is 4.47. The molecular formula is C22H19NO5S. The number of carbonyl (C=O) groups excluding carboxylic acids is 2. The first kappa shape index (κ1) is 19.2. The number of benzene rings is 2. The molecule has 148 valence electrons. The van der Waals surface area contributed by atoms with E-state index in [4.69, 9.17) is 14.4 Å². The highest BCUT2D eigenvalue weighted by Crippen LogP contribution is 2.34. The summed E-state index contributed by atoms with van der Waals surface area (Å²) in [7, 11) is 1.35. The Morgan fingerprint density at radius 3 is 2.69 bits per heavy atom. The molecule has 29 heavy (non-hydrogen) atoms. The molecule has 0 fully saturated rings. The number of hydrogen-bond acceptors (Lipinski definition) is 7. The minimum absolute atomic E-state index is 0.252. The van der Waals surface area contributed by atoms with Crippen molar-refractivity contribution in [3.8, 4) is 5.75 Å². The minimum Gasteiger partial charge on any atom is -0.484 e. The lowest BCUT2D eigenvalue weighted by Gasteiger charge is -2.19. The van der Waals surface area contributed by atoms with Gasteiger partial charge in [-0.1, -0.05) is 42.5 Å². The fourth-order valence-electron chi connectivity index (χ4n) is 3.19. The van der Waals surface area contributed by atoms with Crippen molar-refractivity contribution in [2.24, 2.45) is 0 Å². The van der Waals surface area contributed by atoms with Crippen molar-refractivity contribution in [2.45, 2.75) is 18.9 Å². The van der Waals surface area contributed by atoms with Crippen molar-refractivity contribution in [2.75, 3.05) is 7.05 Å². The molecule has 0 saturated carbocycles. The third-order valence-corrected chi connectivity index (χ3v) is 5.50. The highest BCUT2D eigenvalue weighted by Gasteiger charge is 2.25. The van der Waals surface area contributed by atoms with Crippen molar-refractivity contribution in [1.82, 2.24) is 5.23 Å². The van der Waals surface area contributed by atoms with Crippen LogP contribution in [0.1, 0.15) is 23.8 Å². The van der Waals surface area contributed by atoms with Gasteiger partial charge in [0.2, 0.25) is 0 Å². The highest BCUT2D eigenvalue weighted by molar-refractivity contribution is 7.10. The van der Waals surface area contributed by atoms with Crippen molar-refractivity contribution in [1.29, 1.82) is 0 Å². The molecule has 0 spiro atoms. The van der Waals surface area contributed by atoms with Gasteiger partial charge in [-0.3, -0.25) is 0 Å². The van der Waals surface area contributed by atoms with E-state index in [1.165, 1.54) is 13.1 Å². The van der Waals surface area contributed by atoms with Gasteiger partial charge in [0.05, 0.1) is 7.05 Å². The third-order valence-electron chi connectivity index (χ3n) is 4.54. The van der Waals surface area contributed by atoms with Gasteiger partial charge in [0, 0.05) is 27.1 Å². The van der Waals surface area contributed by atoms with Crippen LogP contribution in [0.3, 0.4) is 0 Å². The molecule has 1 aliphatic rings. The van der Waals surface area contributed by atoms with Crippen LogP contribution in [-0.4, -0.2) is 24.2 Å². The minimum atomic E-state index is -0.643. The average Bonchev–Trinajstić information content (AvgIpc) is 3.20. The van der Waals surface area contributed by atoms with E-state index < -0.39 is 11.9 Å². The molecule has 2 aromatic carbocycles. The Balaban J connectivity index is 1.57. The first-order valence-corrected chi connectivity index (χ1v) is 10.0. The predicted molar refractivity (Wildman–Crippen MR) is 109 cm³/mol. The zero-order valence-electron chi connectivity index (χ0n) is 15.7. The summed E-state index contributed by atoms with van der Waals surface area (Å²) in [6.07, 6.45) is 1.72. The second kappa shape index (κ2) is 8.46. The molecule has 1 atom stereocenters. The fourth-order valence-corrected chi connectivity index (χ4v) is 3.98. The molecule has 6 nitrogen and oxygen atoms in total. The highest BCUT2D eigenvalue weighted by atomic mass is 32.1. The summed E-state index contributed by atoms with van der Waals surface area (Å²) in [6, 6.07) is 17.9. The summed E-state index contributed by atoms with van der Waals surface area (Å²) >= 11 is 1.59. The molecule has 2 heterocycles. The van der Waals surface area contributed by atoms with Gasteiger partial charge in [-0.2, -0.15) is 0 Å². The molecule has 1 aliphatic heterocycles. The molecule has 0 aliphatic carbocycles. The molecule has 1 aromatic heterocycles. The Labute approximate surface area is 171 Å². The zero-order valence-corrected chi connectivity index (χ0v) is 16.6. The second-order valence-electron chi connectivity index (χ2n) is 6.54. The monoisotopic (exact) mass is 409 g/mol. The molecular weight excluding hydrogens is 390 g/mol. The molecule has 0 unspecified atom stereocenters. The number of hydrogen-bond donors (Lipinski definition) is 0. The van der Waals surface area contributed by atoms with Crippen LogP contribution in [0, 0.1) is 0 Å². The van der Waals surface area contributed by atoms with Gasteiger partial charge in [0.1, 0.15) is 11.9 Å².